The van der Waals surface area contributed by atoms with Crippen LogP contribution in [0.15, 0.2) is 29.2 Å². The lowest BCUT2D eigenvalue weighted by molar-refractivity contribution is -0.293. The van der Waals surface area contributed by atoms with Gasteiger partial charge in [-0.3, -0.25) is 4.89 Å². The fourth-order valence-electron chi connectivity index (χ4n) is 0.975. The van der Waals surface area contributed by atoms with Crippen LogP contribution in [0.1, 0.15) is 5.56 Å². The van der Waals surface area contributed by atoms with Crippen LogP contribution >= 0.6 is 7.52 Å². The predicted octanol–water partition coefficient (Wildman–Crippen LogP) is 1.05. The van der Waals surface area contributed by atoms with Gasteiger partial charge in [-0.05, 0) is 19.1 Å². The molecule has 1 aromatic rings. The quantitative estimate of drug-likeness (QED) is 0.286. The van der Waals surface area contributed by atoms with Gasteiger partial charge in [0, 0.05) is 0 Å². The van der Waals surface area contributed by atoms with E-state index in [1.165, 1.54) is 12.1 Å². The highest BCUT2D eigenvalue weighted by Crippen LogP contribution is 2.40. The summed E-state index contributed by atoms with van der Waals surface area (Å²) in [7, 11) is -8.59. The summed E-state index contributed by atoms with van der Waals surface area (Å²) in [6.07, 6.45) is -1.14. The van der Waals surface area contributed by atoms with Crippen LogP contribution in [0.3, 0.4) is 0 Å². The molecular formula is C9H12NO6PS. The van der Waals surface area contributed by atoms with Crippen molar-refractivity contribution in [1.29, 1.82) is 0 Å². The molecule has 1 N–H and O–H groups in total. The fourth-order valence-corrected chi connectivity index (χ4v) is 2.81. The second-order valence-electron chi connectivity index (χ2n) is 3.53. The van der Waals surface area contributed by atoms with Gasteiger partial charge in [0.05, 0.1) is 4.90 Å². The molecule has 0 fully saturated rings. The molecule has 0 aromatic heterocycles. The molecule has 100 valence electrons. The first-order valence-corrected chi connectivity index (χ1v) is 7.92. The molecule has 9 heteroatoms. The topological polar surface area (TPSA) is 107 Å². The Morgan fingerprint density at radius 1 is 1.44 bits per heavy atom. The average Bonchev–Trinajstić information content (AvgIpc) is 2.27. The highest BCUT2D eigenvalue weighted by Gasteiger charge is 2.31. The summed E-state index contributed by atoms with van der Waals surface area (Å²) in [5, 5.41) is 10.6. The molecule has 0 saturated carbocycles. The van der Waals surface area contributed by atoms with Crippen LogP contribution in [0.4, 0.5) is 0 Å². The van der Waals surface area contributed by atoms with Gasteiger partial charge in [-0.25, -0.2) is 8.75 Å². The Kier molecular flexibility index (Phi) is 4.28. The molecule has 0 aliphatic heterocycles. The van der Waals surface area contributed by atoms with Crippen molar-refractivity contribution in [1.82, 2.24) is 0 Å². The van der Waals surface area contributed by atoms with Crippen molar-refractivity contribution in [2.45, 2.75) is 11.8 Å². The Morgan fingerprint density at radius 2 is 1.94 bits per heavy atom. The summed E-state index contributed by atoms with van der Waals surface area (Å²) in [6, 6.07) is 5.70. The minimum absolute atomic E-state index is 0.158. The molecule has 1 rings (SSSR count). The van der Waals surface area contributed by atoms with Crippen LogP contribution in [-0.2, 0) is 18.9 Å². The summed E-state index contributed by atoms with van der Waals surface area (Å²) in [4.78, 5) is 8.91. The number of nitrogens with zero attached hydrogens (tertiary/aromatic N) is 1. The van der Waals surface area contributed by atoms with Crippen molar-refractivity contribution in [3.63, 3.8) is 0 Å². The van der Waals surface area contributed by atoms with Crippen LogP contribution in [-0.4, -0.2) is 30.9 Å². The molecule has 1 unspecified atom stereocenters. The minimum Gasteiger partial charge on any atom is -0.620 e. The Hall–Kier alpha value is -1.21. The van der Waals surface area contributed by atoms with Crippen molar-refractivity contribution in [2.24, 2.45) is 0 Å². The molecule has 0 spiro atoms. The molecule has 7 nitrogen and oxygen atoms in total. The lowest BCUT2D eigenvalue weighted by atomic mass is 10.2. The normalized spacial score (nSPS) is 15.0. The zero-order chi connectivity index (χ0) is 14.0. The van der Waals surface area contributed by atoms with Crippen LogP contribution in [0.25, 0.3) is 0 Å². The zero-order valence-electron chi connectivity index (χ0n) is 9.51. The highest BCUT2D eigenvalue weighted by molar-refractivity contribution is 7.87. The standard InChI is InChI=1S/C9H12NO6PS/c1-8-3-5-9(6-4-8)18(14,15)16-7-17(12,13)10(2)11/h3-6H,2,7H2,1H3,(H,12,13). The number of hydrogen-bond acceptors (Lipinski definition) is 5. The second kappa shape index (κ2) is 5.19. The van der Waals surface area contributed by atoms with Gasteiger partial charge in [0.2, 0.25) is 6.35 Å². The van der Waals surface area contributed by atoms with Crippen LogP contribution in [0, 0.1) is 12.1 Å². The van der Waals surface area contributed by atoms with Gasteiger partial charge >= 0.3 is 7.52 Å². The van der Waals surface area contributed by atoms with E-state index in [0.29, 0.717) is 0 Å². The molecule has 1 atom stereocenters. The number of aryl methyl sites for hydroxylation is 1. The van der Waals surface area contributed by atoms with Gasteiger partial charge < -0.3 is 5.21 Å². The van der Waals surface area contributed by atoms with Crippen LogP contribution in [0.5, 0.6) is 0 Å². The van der Waals surface area contributed by atoms with E-state index in [0.717, 1.165) is 5.56 Å². The Morgan fingerprint density at radius 3 is 2.39 bits per heavy atom. The van der Waals surface area contributed by atoms with Crippen molar-refractivity contribution in [2.75, 3.05) is 6.35 Å². The maximum atomic E-state index is 11.6. The molecule has 0 bridgehead atoms. The molecule has 0 radical (unpaired) electrons. The summed E-state index contributed by atoms with van der Waals surface area (Å²) in [6.45, 7) is 4.46. The van der Waals surface area contributed by atoms with Crippen molar-refractivity contribution in [3.05, 3.63) is 35.0 Å². The van der Waals surface area contributed by atoms with Crippen molar-refractivity contribution in [3.8, 4) is 0 Å². The van der Waals surface area contributed by atoms with E-state index in [1.54, 1.807) is 19.1 Å². The van der Waals surface area contributed by atoms with E-state index in [-0.39, 0.29) is 4.90 Å². The van der Waals surface area contributed by atoms with E-state index in [2.05, 4.69) is 10.9 Å². The van der Waals surface area contributed by atoms with E-state index < -0.39 is 28.5 Å². The third kappa shape index (κ3) is 3.64. The van der Waals surface area contributed by atoms with E-state index >= 15 is 0 Å². The summed E-state index contributed by atoms with van der Waals surface area (Å²) in [5.41, 5.74) is 0.852. The Balaban J connectivity index is 2.87. The van der Waals surface area contributed by atoms with Gasteiger partial charge in [-0.15, -0.1) is 0 Å². The first kappa shape index (κ1) is 14.8. The molecule has 0 heterocycles. The number of rotatable bonds is 5. The largest absolute Gasteiger partial charge is 0.620 e. The third-order valence-electron chi connectivity index (χ3n) is 2.03. The van der Waals surface area contributed by atoms with E-state index in [1.807, 2.05) is 0 Å². The van der Waals surface area contributed by atoms with Crippen molar-refractivity contribution < 1.29 is 26.6 Å². The smallest absolute Gasteiger partial charge is 0.487 e. The summed E-state index contributed by atoms with van der Waals surface area (Å²) in [5.74, 6) is 0. The lowest BCUT2D eigenvalue weighted by Crippen LogP contribution is -2.11. The van der Waals surface area contributed by atoms with Crippen LogP contribution in [0.2, 0.25) is 0 Å². The van der Waals surface area contributed by atoms with Crippen LogP contribution < -0.4 is 0 Å². The number of benzene rings is 1. The Bertz CT molecular complexity index is 594. The molecule has 0 amide bonds. The molecule has 0 aliphatic carbocycles. The minimum atomic E-state index is -4.43. The van der Waals surface area contributed by atoms with Gasteiger partial charge in [-0.2, -0.15) is 12.9 Å². The third-order valence-corrected chi connectivity index (χ3v) is 4.65. The number of hydrogen-bond donors (Lipinski definition) is 1. The first-order valence-electron chi connectivity index (χ1n) is 4.71. The SMILES string of the molecule is C=[N+]([O-])P(=O)(O)COS(=O)(=O)c1ccc(C)cc1. The monoisotopic (exact) mass is 293 g/mol. The maximum Gasteiger partial charge on any atom is 0.487 e. The first-order chi connectivity index (χ1) is 8.15. The van der Waals surface area contributed by atoms with E-state index in [4.69, 9.17) is 4.89 Å². The van der Waals surface area contributed by atoms with Gasteiger partial charge in [0.1, 0.15) is 6.72 Å². The fraction of sp³-hybridized carbons (Fsp3) is 0.222. The average molecular weight is 293 g/mol. The van der Waals surface area contributed by atoms with Gasteiger partial charge in [-0.1, -0.05) is 17.7 Å². The molecule has 0 aliphatic rings. The summed E-state index contributed by atoms with van der Waals surface area (Å²) >= 11 is 0. The lowest BCUT2D eigenvalue weighted by Gasteiger charge is -2.10. The zero-order valence-corrected chi connectivity index (χ0v) is 11.2. The predicted molar refractivity (Wildman–Crippen MR) is 64.9 cm³/mol. The Labute approximate surface area is 105 Å². The molecular weight excluding hydrogens is 281 g/mol. The highest BCUT2D eigenvalue weighted by atomic mass is 32.2. The van der Waals surface area contributed by atoms with E-state index in [9.17, 15) is 18.2 Å². The van der Waals surface area contributed by atoms with Crippen molar-refractivity contribution >= 4 is 24.4 Å². The maximum absolute atomic E-state index is 11.6. The molecule has 0 saturated heterocycles. The van der Waals surface area contributed by atoms with Gasteiger partial charge in [0.25, 0.3) is 10.1 Å². The van der Waals surface area contributed by atoms with Gasteiger partial charge in [0.15, 0.2) is 0 Å². The summed E-state index contributed by atoms with van der Waals surface area (Å²) < 4.78 is 38.3. The second-order valence-corrected chi connectivity index (χ2v) is 7.18. The molecule has 18 heavy (non-hydrogen) atoms. The molecule has 1 aromatic carbocycles.